The van der Waals surface area contributed by atoms with Crippen LogP contribution in [0.3, 0.4) is 0 Å². The molecule has 1 fully saturated rings. The highest BCUT2D eigenvalue weighted by molar-refractivity contribution is 6.30. The molecule has 4 rings (SSSR count). The van der Waals surface area contributed by atoms with E-state index in [1.807, 2.05) is 36.4 Å². The molecule has 1 atom stereocenters. The topological polar surface area (TPSA) is 46.1 Å². The number of nitrogens with one attached hydrogen (secondary N) is 2. The number of rotatable bonds is 3. The maximum Gasteiger partial charge on any atom is 0.241 e. The average molecular weight is 340 g/mol. The maximum absolute atomic E-state index is 12.2. The lowest BCUT2D eigenvalue weighted by Crippen LogP contribution is -2.47. The second-order valence-electron chi connectivity index (χ2n) is 6.03. The summed E-state index contributed by atoms with van der Waals surface area (Å²) in [5.41, 5.74) is 3.33. The predicted molar refractivity (Wildman–Crippen MR) is 96.2 cm³/mol. The van der Waals surface area contributed by atoms with Gasteiger partial charge in [0, 0.05) is 47.3 Å². The third-order valence-electron chi connectivity index (χ3n) is 4.43. The van der Waals surface area contributed by atoms with Crippen molar-refractivity contribution in [3.8, 4) is 0 Å². The number of fused-ring (bicyclic) bond motifs is 1. The minimum Gasteiger partial charge on any atom is -0.353 e. The van der Waals surface area contributed by atoms with Gasteiger partial charge in [0.05, 0.1) is 0 Å². The van der Waals surface area contributed by atoms with E-state index in [1.54, 1.807) is 0 Å². The number of nitrogens with zero attached hydrogens (tertiary/aromatic N) is 1. The van der Waals surface area contributed by atoms with Crippen molar-refractivity contribution in [2.24, 2.45) is 0 Å². The van der Waals surface area contributed by atoms with Gasteiger partial charge in [0.15, 0.2) is 0 Å². The highest BCUT2D eigenvalue weighted by Crippen LogP contribution is 2.28. The predicted octanol–water partition coefficient (Wildman–Crippen LogP) is 3.10. The quantitative estimate of drug-likeness (QED) is 0.770. The third kappa shape index (κ3) is 2.79. The van der Waals surface area contributed by atoms with E-state index in [-0.39, 0.29) is 11.9 Å². The van der Waals surface area contributed by atoms with Gasteiger partial charge in [-0.05, 0) is 23.8 Å². The fourth-order valence-corrected chi connectivity index (χ4v) is 3.40. The van der Waals surface area contributed by atoms with E-state index in [2.05, 4.69) is 33.5 Å². The summed E-state index contributed by atoms with van der Waals surface area (Å²) in [5, 5.41) is 8.10. The van der Waals surface area contributed by atoms with Gasteiger partial charge in [-0.1, -0.05) is 41.9 Å². The molecular formula is C19H18ClN3O. The van der Waals surface area contributed by atoms with Crippen LogP contribution in [0.15, 0.2) is 54.7 Å². The Bertz CT molecular complexity index is 885. The van der Waals surface area contributed by atoms with Crippen molar-refractivity contribution in [3.05, 3.63) is 70.9 Å². The summed E-state index contributed by atoms with van der Waals surface area (Å²) in [4.78, 5) is 12.2. The number of carbonyl (C=O) groups is 1. The SMILES string of the molecule is O=C1NCCNC1c1cn(Cc2ccc(Cl)cc2)c2ccccc12. The molecule has 0 spiro atoms. The number of para-hydroxylation sites is 1. The zero-order valence-corrected chi connectivity index (χ0v) is 13.9. The van der Waals surface area contributed by atoms with Crippen LogP contribution in [0.5, 0.6) is 0 Å². The number of piperazine rings is 1. The summed E-state index contributed by atoms with van der Waals surface area (Å²) in [6, 6.07) is 15.8. The number of aromatic nitrogens is 1. The first-order valence-corrected chi connectivity index (χ1v) is 8.43. The van der Waals surface area contributed by atoms with Gasteiger partial charge in [-0.2, -0.15) is 0 Å². The van der Waals surface area contributed by atoms with Crippen molar-refractivity contribution in [1.82, 2.24) is 15.2 Å². The van der Waals surface area contributed by atoms with Crippen molar-refractivity contribution < 1.29 is 4.79 Å². The Kier molecular flexibility index (Phi) is 4.00. The monoisotopic (exact) mass is 339 g/mol. The van der Waals surface area contributed by atoms with Gasteiger partial charge >= 0.3 is 0 Å². The van der Waals surface area contributed by atoms with Gasteiger partial charge in [0.25, 0.3) is 0 Å². The Hall–Kier alpha value is -2.30. The molecule has 4 nitrogen and oxygen atoms in total. The summed E-state index contributed by atoms with van der Waals surface area (Å²) in [6.45, 7) is 2.21. The van der Waals surface area contributed by atoms with Crippen LogP contribution in [0, 0.1) is 0 Å². The Labute approximate surface area is 145 Å². The molecule has 1 aliphatic rings. The maximum atomic E-state index is 12.2. The number of hydrogen-bond donors (Lipinski definition) is 2. The molecule has 1 unspecified atom stereocenters. The molecule has 2 N–H and O–H groups in total. The molecule has 122 valence electrons. The van der Waals surface area contributed by atoms with Gasteiger partial charge in [0.1, 0.15) is 6.04 Å². The molecular weight excluding hydrogens is 322 g/mol. The average Bonchev–Trinajstić information content (AvgIpc) is 2.96. The van der Waals surface area contributed by atoms with E-state index in [9.17, 15) is 4.79 Å². The third-order valence-corrected chi connectivity index (χ3v) is 4.68. The molecule has 1 amide bonds. The van der Waals surface area contributed by atoms with E-state index in [0.29, 0.717) is 6.54 Å². The number of halogens is 1. The second kappa shape index (κ2) is 6.30. The normalized spacial score (nSPS) is 17.9. The van der Waals surface area contributed by atoms with E-state index >= 15 is 0 Å². The molecule has 0 bridgehead atoms. The molecule has 3 aromatic rings. The van der Waals surface area contributed by atoms with Crippen LogP contribution in [0.25, 0.3) is 10.9 Å². The van der Waals surface area contributed by atoms with Crippen molar-refractivity contribution in [2.45, 2.75) is 12.6 Å². The molecule has 0 saturated carbocycles. The molecule has 1 saturated heterocycles. The lowest BCUT2D eigenvalue weighted by molar-refractivity contribution is -0.124. The standard InChI is InChI=1S/C19H18ClN3O/c20-14-7-5-13(6-8-14)11-23-12-16(15-3-1-2-4-17(15)23)18-19(24)22-10-9-21-18/h1-8,12,18,21H,9-11H2,(H,22,24). The van der Waals surface area contributed by atoms with E-state index in [0.717, 1.165) is 34.6 Å². The van der Waals surface area contributed by atoms with Gasteiger partial charge in [0.2, 0.25) is 5.91 Å². The van der Waals surface area contributed by atoms with Gasteiger partial charge in [-0.3, -0.25) is 4.79 Å². The van der Waals surface area contributed by atoms with Crippen LogP contribution < -0.4 is 10.6 Å². The van der Waals surface area contributed by atoms with Gasteiger partial charge in [-0.15, -0.1) is 0 Å². The summed E-state index contributed by atoms with van der Waals surface area (Å²) < 4.78 is 2.19. The number of carbonyl (C=O) groups excluding carboxylic acids is 1. The second-order valence-corrected chi connectivity index (χ2v) is 6.47. The number of amides is 1. The zero-order valence-electron chi connectivity index (χ0n) is 13.1. The van der Waals surface area contributed by atoms with E-state index in [4.69, 9.17) is 11.6 Å². The van der Waals surface area contributed by atoms with Crippen molar-refractivity contribution in [2.75, 3.05) is 13.1 Å². The lowest BCUT2D eigenvalue weighted by atomic mass is 10.0. The van der Waals surface area contributed by atoms with Crippen LogP contribution in [-0.4, -0.2) is 23.6 Å². The highest BCUT2D eigenvalue weighted by Gasteiger charge is 2.26. The minimum absolute atomic E-state index is 0.0376. The van der Waals surface area contributed by atoms with Gasteiger partial charge in [-0.25, -0.2) is 0 Å². The van der Waals surface area contributed by atoms with E-state index < -0.39 is 0 Å². The van der Waals surface area contributed by atoms with Crippen molar-refractivity contribution in [1.29, 1.82) is 0 Å². The smallest absolute Gasteiger partial charge is 0.241 e. The molecule has 0 radical (unpaired) electrons. The molecule has 1 aromatic heterocycles. The largest absolute Gasteiger partial charge is 0.353 e. The first-order chi connectivity index (χ1) is 11.7. The summed E-state index contributed by atoms with van der Waals surface area (Å²) in [6.07, 6.45) is 2.09. The minimum atomic E-state index is -0.296. The number of benzene rings is 2. The highest BCUT2D eigenvalue weighted by atomic mass is 35.5. The first kappa shape index (κ1) is 15.2. The van der Waals surface area contributed by atoms with Crippen LogP contribution in [0.4, 0.5) is 0 Å². The van der Waals surface area contributed by atoms with Crippen LogP contribution in [0.2, 0.25) is 5.02 Å². The fourth-order valence-electron chi connectivity index (χ4n) is 3.27. The molecule has 0 aliphatic carbocycles. The Balaban J connectivity index is 1.76. The number of hydrogen-bond acceptors (Lipinski definition) is 2. The summed E-state index contributed by atoms with van der Waals surface area (Å²) in [5.74, 6) is 0.0376. The molecule has 1 aliphatic heterocycles. The first-order valence-electron chi connectivity index (χ1n) is 8.06. The lowest BCUT2D eigenvalue weighted by Gasteiger charge is -2.23. The van der Waals surface area contributed by atoms with Crippen molar-refractivity contribution in [3.63, 3.8) is 0 Å². The van der Waals surface area contributed by atoms with E-state index in [1.165, 1.54) is 5.56 Å². The Morgan fingerprint density at radius 2 is 1.88 bits per heavy atom. The Morgan fingerprint density at radius 1 is 1.08 bits per heavy atom. The molecule has 5 heteroatoms. The molecule has 2 aromatic carbocycles. The Morgan fingerprint density at radius 3 is 2.67 bits per heavy atom. The summed E-state index contributed by atoms with van der Waals surface area (Å²) in [7, 11) is 0. The van der Waals surface area contributed by atoms with Crippen LogP contribution in [0.1, 0.15) is 17.2 Å². The zero-order chi connectivity index (χ0) is 16.5. The summed E-state index contributed by atoms with van der Waals surface area (Å²) >= 11 is 5.97. The molecule has 2 heterocycles. The van der Waals surface area contributed by atoms with Gasteiger partial charge < -0.3 is 15.2 Å². The van der Waals surface area contributed by atoms with Crippen molar-refractivity contribution >= 4 is 28.4 Å². The van der Waals surface area contributed by atoms with Crippen LogP contribution >= 0.6 is 11.6 Å². The van der Waals surface area contributed by atoms with Crippen LogP contribution in [-0.2, 0) is 11.3 Å². The molecule has 24 heavy (non-hydrogen) atoms. The fraction of sp³-hybridized carbons (Fsp3) is 0.211.